The average Bonchev–Trinajstić information content (AvgIpc) is 3.26. The molecule has 0 amide bonds. The van der Waals surface area contributed by atoms with Crippen LogP contribution in [0.3, 0.4) is 0 Å². The van der Waals surface area contributed by atoms with E-state index in [1.165, 1.54) is 64.2 Å². The monoisotopic (exact) mass is 849 g/mol. The van der Waals surface area contributed by atoms with Crippen LogP contribution in [0, 0.1) is 0 Å². The Morgan fingerprint density at radius 2 is 0.639 bits per heavy atom. The predicted molar refractivity (Wildman–Crippen MR) is 261 cm³/mol. The first-order chi connectivity index (χ1) is 30.0. The van der Waals surface area contributed by atoms with Crippen LogP contribution in [0.4, 0.5) is 0 Å². The summed E-state index contributed by atoms with van der Waals surface area (Å²) in [4.78, 5) is 37.6. The molecule has 0 radical (unpaired) electrons. The molecule has 0 saturated carbocycles. The number of carbonyl (C=O) groups excluding carboxylic acids is 3. The number of allylic oxidation sites excluding steroid dienone is 14. The van der Waals surface area contributed by atoms with Crippen molar-refractivity contribution in [3.05, 3.63) is 85.1 Å². The van der Waals surface area contributed by atoms with Crippen molar-refractivity contribution in [2.24, 2.45) is 0 Å². The maximum atomic E-state index is 12.7. The van der Waals surface area contributed by atoms with Crippen molar-refractivity contribution in [1.82, 2.24) is 0 Å². The zero-order chi connectivity index (χ0) is 44.4. The number of carbonyl (C=O) groups is 3. The Labute approximate surface area is 375 Å². The Hall–Kier alpha value is -3.41. The highest BCUT2D eigenvalue weighted by Crippen LogP contribution is 2.13. The van der Waals surface area contributed by atoms with E-state index in [1.54, 1.807) is 0 Å². The van der Waals surface area contributed by atoms with E-state index in [1.807, 2.05) is 0 Å². The van der Waals surface area contributed by atoms with Crippen LogP contribution in [0.5, 0.6) is 0 Å². The molecular formula is C55H92O6. The first kappa shape index (κ1) is 57.6. The van der Waals surface area contributed by atoms with Crippen molar-refractivity contribution in [3.63, 3.8) is 0 Å². The van der Waals surface area contributed by atoms with Gasteiger partial charge >= 0.3 is 17.9 Å². The van der Waals surface area contributed by atoms with Crippen LogP contribution < -0.4 is 0 Å². The Bertz CT molecular complexity index is 1200. The first-order valence-corrected chi connectivity index (χ1v) is 25.1. The van der Waals surface area contributed by atoms with Crippen LogP contribution in [0.2, 0.25) is 0 Å². The van der Waals surface area contributed by atoms with Crippen LogP contribution in [-0.4, -0.2) is 37.2 Å². The maximum Gasteiger partial charge on any atom is 0.306 e. The normalized spacial score (nSPS) is 12.8. The Morgan fingerprint density at radius 1 is 0.344 bits per heavy atom. The second-order valence-corrected chi connectivity index (χ2v) is 16.3. The number of rotatable bonds is 44. The quantitative estimate of drug-likeness (QED) is 0.0263. The third-order valence-electron chi connectivity index (χ3n) is 10.4. The van der Waals surface area contributed by atoms with Crippen molar-refractivity contribution < 1.29 is 28.6 Å². The van der Waals surface area contributed by atoms with Crippen molar-refractivity contribution in [3.8, 4) is 0 Å². The summed E-state index contributed by atoms with van der Waals surface area (Å²) in [5, 5.41) is 0. The van der Waals surface area contributed by atoms with Gasteiger partial charge in [-0.25, -0.2) is 0 Å². The maximum absolute atomic E-state index is 12.7. The number of ether oxygens (including phenoxy) is 3. The molecule has 0 N–H and O–H groups in total. The fourth-order valence-corrected chi connectivity index (χ4v) is 6.61. The van der Waals surface area contributed by atoms with Gasteiger partial charge in [0, 0.05) is 19.3 Å². The number of esters is 3. The van der Waals surface area contributed by atoms with E-state index in [0.717, 1.165) is 122 Å². The van der Waals surface area contributed by atoms with Gasteiger partial charge in [-0.1, -0.05) is 196 Å². The molecule has 1 atom stereocenters. The van der Waals surface area contributed by atoms with Crippen LogP contribution in [0.15, 0.2) is 85.1 Å². The molecule has 6 nitrogen and oxygen atoms in total. The molecule has 0 spiro atoms. The van der Waals surface area contributed by atoms with Crippen LogP contribution in [-0.2, 0) is 28.6 Å². The van der Waals surface area contributed by atoms with E-state index >= 15 is 0 Å². The highest BCUT2D eigenvalue weighted by atomic mass is 16.6. The SMILES string of the molecule is CC/C=C\C/C=C\C/C=C\C/C=C\CCCCCCCCC(=O)OCC(COC(=O)CCCCCCC)OC(=O)CCCCCCCC/C=C\C/C=C\C/C=C\CCCCC. The average molecular weight is 849 g/mol. The molecule has 348 valence electrons. The van der Waals surface area contributed by atoms with E-state index in [2.05, 4.69) is 106 Å². The van der Waals surface area contributed by atoms with Gasteiger partial charge in [0.05, 0.1) is 0 Å². The Morgan fingerprint density at radius 3 is 1.03 bits per heavy atom. The number of hydrogen-bond acceptors (Lipinski definition) is 6. The first-order valence-electron chi connectivity index (χ1n) is 25.1. The van der Waals surface area contributed by atoms with E-state index in [4.69, 9.17) is 14.2 Å². The largest absolute Gasteiger partial charge is 0.462 e. The summed E-state index contributed by atoms with van der Waals surface area (Å²) in [6.45, 7) is 6.38. The summed E-state index contributed by atoms with van der Waals surface area (Å²) >= 11 is 0. The summed E-state index contributed by atoms with van der Waals surface area (Å²) in [6.07, 6.45) is 63.1. The molecule has 1 unspecified atom stereocenters. The van der Waals surface area contributed by atoms with Crippen molar-refractivity contribution >= 4 is 17.9 Å². The van der Waals surface area contributed by atoms with Gasteiger partial charge < -0.3 is 14.2 Å². The minimum atomic E-state index is -0.786. The van der Waals surface area contributed by atoms with Crippen molar-refractivity contribution in [1.29, 1.82) is 0 Å². The van der Waals surface area contributed by atoms with Crippen LogP contribution in [0.25, 0.3) is 0 Å². The summed E-state index contributed by atoms with van der Waals surface area (Å²) in [5.74, 6) is -0.932. The summed E-state index contributed by atoms with van der Waals surface area (Å²) in [5.41, 5.74) is 0. The Balaban J connectivity index is 4.24. The van der Waals surface area contributed by atoms with Gasteiger partial charge in [-0.2, -0.15) is 0 Å². The zero-order valence-corrected chi connectivity index (χ0v) is 39.7. The van der Waals surface area contributed by atoms with Gasteiger partial charge in [-0.3, -0.25) is 14.4 Å². The predicted octanol–water partition coefficient (Wildman–Crippen LogP) is 16.4. The lowest BCUT2D eigenvalue weighted by Crippen LogP contribution is -2.30. The van der Waals surface area contributed by atoms with Crippen LogP contribution >= 0.6 is 0 Å². The van der Waals surface area contributed by atoms with Gasteiger partial charge in [0.1, 0.15) is 13.2 Å². The minimum Gasteiger partial charge on any atom is -0.462 e. The topological polar surface area (TPSA) is 78.9 Å². The second-order valence-electron chi connectivity index (χ2n) is 16.3. The molecule has 0 aromatic heterocycles. The molecule has 0 fully saturated rings. The molecule has 0 aliphatic heterocycles. The minimum absolute atomic E-state index is 0.0883. The van der Waals surface area contributed by atoms with Gasteiger partial charge in [0.2, 0.25) is 0 Å². The third kappa shape index (κ3) is 47.5. The van der Waals surface area contributed by atoms with Crippen molar-refractivity contribution in [2.45, 2.75) is 232 Å². The lowest BCUT2D eigenvalue weighted by atomic mass is 10.1. The smallest absolute Gasteiger partial charge is 0.306 e. The molecule has 0 aliphatic rings. The molecule has 0 heterocycles. The van der Waals surface area contributed by atoms with E-state index in [9.17, 15) is 14.4 Å². The van der Waals surface area contributed by atoms with E-state index < -0.39 is 6.10 Å². The fourth-order valence-electron chi connectivity index (χ4n) is 6.61. The van der Waals surface area contributed by atoms with Crippen molar-refractivity contribution in [2.75, 3.05) is 13.2 Å². The lowest BCUT2D eigenvalue weighted by Gasteiger charge is -2.18. The molecule has 61 heavy (non-hydrogen) atoms. The van der Waals surface area contributed by atoms with Gasteiger partial charge in [-0.15, -0.1) is 0 Å². The standard InChI is InChI=1S/C55H92O6/c1-4-7-10-13-15-17-19-21-23-25-27-29-31-33-35-37-39-42-45-48-54(57)60-51-52(50-59-53(56)47-44-41-12-9-6-3)61-55(58)49-46-43-40-38-36-34-32-30-28-26-24-22-20-18-16-14-11-8-5-2/h7,10,15-18,21-24,27-30,52H,4-6,8-9,11-14,19-20,25-26,31-51H2,1-3H3/b10-7-,17-15-,18-16-,23-21-,24-22-,29-27-,30-28-. The lowest BCUT2D eigenvalue weighted by molar-refractivity contribution is -0.167. The third-order valence-corrected chi connectivity index (χ3v) is 10.4. The highest BCUT2D eigenvalue weighted by molar-refractivity contribution is 5.71. The van der Waals surface area contributed by atoms with Gasteiger partial charge in [0.25, 0.3) is 0 Å². The zero-order valence-electron chi connectivity index (χ0n) is 39.7. The van der Waals surface area contributed by atoms with Gasteiger partial charge in [-0.05, 0) is 96.3 Å². The summed E-state index contributed by atoms with van der Waals surface area (Å²) in [6, 6.07) is 0. The second kappa shape index (κ2) is 49.2. The molecule has 6 heteroatoms. The summed E-state index contributed by atoms with van der Waals surface area (Å²) < 4.78 is 16.6. The fraction of sp³-hybridized carbons (Fsp3) is 0.691. The summed E-state index contributed by atoms with van der Waals surface area (Å²) in [7, 11) is 0. The number of unbranched alkanes of at least 4 members (excludes halogenated alkanes) is 19. The van der Waals surface area contributed by atoms with E-state index in [-0.39, 0.29) is 31.1 Å². The Kier molecular flexibility index (Phi) is 46.5. The highest BCUT2D eigenvalue weighted by Gasteiger charge is 2.19. The molecule has 0 aromatic rings. The molecule has 0 saturated heterocycles. The molecule has 0 aromatic carbocycles. The van der Waals surface area contributed by atoms with Crippen LogP contribution in [0.1, 0.15) is 226 Å². The molecule has 0 aliphatic carbocycles. The molecule has 0 bridgehead atoms. The van der Waals surface area contributed by atoms with E-state index in [0.29, 0.717) is 19.3 Å². The molecule has 0 rings (SSSR count). The molecular weight excluding hydrogens is 757 g/mol. The number of hydrogen-bond donors (Lipinski definition) is 0. The van der Waals surface area contributed by atoms with Gasteiger partial charge in [0.15, 0.2) is 6.10 Å².